The highest BCUT2D eigenvalue weighted by Crippen LogP contribution is 2.19. The van der Waals surface area contributed by atoms with Crippen LogP contribution in [0.3, 0.4) is 0 Å². The minimum absolute atomic E-state index is 0.293. The Morgan fingerprint density at radius 2 is 1.92 bits per heavy atom. The van der Waals surface area contributed by atoms with Crippen molar-refractivity contribution < 1.29 is 18.7 Å². The van der Waals surface area contributed by atoms with Gasteiger partial charge in [0.05, 0.1) is 0 Å². The Morgan fingerprint density at radius 3 is 2.58 bits per heavy atom. The zero-order valence-electron chi connectivity index (χ0n) is 13.1. The molecular formula is C17H18FN3O3. The summed E-state index contributed by atoms with van der Waals surface area (Å²) in [7, 11) is 0. The molecule has 1 unspecified atom stereocenters. The van der Waals surface area contributed by atoms with Crippen molar-refractivity contribution in [2.45, 2.75) is 19.6 Å². The minimum atomic E-state index is -0.898. The number of urea groups is 1. The molecule has 4 N–H and O–H groups in total. The molecule has 0 spiro atoms. The maximum absolute atomic E-state index is 12.9. The molecule has 6 nitrogen and oxygen atoms in total. The largest absolute Gasteiger partial charge is 0.489 e. The first kappa shape index (κ1) is 17.3. The van der Waals surface area contributed by atoms with E-state index < -0.39 is 18.0 Å². The van der Waals surface area contributed by atoms with Crippen LogP contribution < -0.4 is 21.1 Å². The highest BCUT2D eigenvalue weighted by Gasteiger charge is 2.14. The van der Waals surface area contributed by atoms with Gasteiger partial charge in [0, 0.05) is 11.8 Å². The van der Waals surface area contributed by atoms with Gasteiger partial charge in [-0.05, 0) is 36.8 Å². The molecular weight excluding hydrogens is 313 g/mol. The first-order valence-corrected chi connectivity index (χ1v) is 7.28. The number of rotatable bonds is 6. The molecule has 0 aliphatic carbocycles. The second-order valence-corrected chi connectivity index (χ2v) is 5.16. The summed E-state index contributed by atoms with van der Waals surface area (Å²) in [4.78, 5) is 22.3. The lowest BCUT2D eigenvalue weighted by atomic mass is 10.2. The van der Waals surface area contributed by atoms with Crippen LogP contribution in [0, 0.1) is 5.82 Å². The summed E-state index contributed by atoms with van der Waals surface area (Å²) in [5.74, 6) is -0.236. The Morgan fingerprint density at radius 1 is 1.21 bits per heavy atom. The molecule has 0 radical (unpaired) electrons. The van der Waals surface area contributed by atoms with Gasteiger partial charge in [0.2, 0.25) is 5.91 Å². The Hall–Kier alpha value is -3.09. The Labute approximate surface area is 138 Å². The molecule has 2 aromatic carbocycles. The van der Waals surface area contributed by atoms with E-state index in [2.05, 4.69) is 5.32 Å². The van der Waals surface area contributed by atoms with Gasteiger partial charge in [0.15, 0.2) is 0 Å². The molecule has 0 fully saturated rings. The van der Waals surface area contributed by atoms with Gasteiger partial charge in [-0.1, -0.05) is 18.2 Å². The summed E-state index contributed by atoms with van der Waals surface area (Å²) in [5.41, 5.74) is 6.40. The second-order valence-electron chi connectivity index (χ2n) is 5.16. The van der Waals surface area contributed by atoms with Crippen LogP contribution in [0.5, 0.6) is 5.75 Å². The normalized spacial score (nSPS) is 11.4. The number of hydrogen-bond acceptors (Lipinski definition) is 4. The summed E-state index contributed by atoms with van der Waals surface area (Å²) < 4.78 is 18.5. The number of benzene rings is 2. The van der Waals surface area contributed by atoms with Crippen LogP contribution in [-0.4, -0.2) is 18.0 Å². The SMILES string of the molecule is CC(Nc1cccc(OCc2ccc(F)cc2)c1)C(=O)NC(N)=O. The van der Waals surface area contributed by atoms with Crippen LogP contribution in [0.1, 0.15) is 12.5 Å². The Bertz CT molecular complexity index is 719. The highest BCUT2D eigenvalue weighted by molar-refractivity contribution is 5.97. The highest BCUT2D eigenvalue weighted by atomic mass is 19.1. The van der Waals surface area contributed by atoms with Gasteiger partial charge in [-0.3, -0.25) is 10.1 Å². The molecule has 2 rings (SSSR count). The molecule has 0 saturated heterocycles. The number of hydrogen-bond donors (Lipinski definition) is 3. The number of carbonyl (C=O) groups excluding carboxylic acids is 2. The zero-order valence-corrected chi connectivity index (χ0v) is 13.1. The molecule has 0 bridgehead atoms. The number of imide groups is 1. The number of carbonyl (C=O) groups is 2. The first-order valence-electron chi connectivity index (χ1n) is 7.28. The fourth-order valence-electron chi connectivity index (χ4n) is 1.97. The van der Waals surface area contributed by atoms with Crippen LogP contribution in [-0.2, 0) is 11.4 Å². The van der Waals surface area contributed by atoms with E-state index in [0.29, 0.717) is 18.0 Å². The van der Waals surface area contributed by atoms with E-state index in [-0.39, 0.29) is 5.82 Å². The number of halogens is 1. The van der Waals surface area contributed by atoms with Gasteiger partial charge in [0.1, 0.15) is 24.2 Å². The maximum Gasteiger partial charge on any atom is 0.318 e. The lowest BCUT2D eigenvalue weighted by molar-refractivity contribution is -0.120. The fraction of sp³-hybridized carbons (Fsp3) is 0.176. The lowest BCUT2D eigenvalue weighted by Gasteiger charge is -2.15. The van der Waals surface area contributed by atoms with Gasteiger partial charge >= 0.3 is 6.03 Å². The van der Waals surface area contributed by atoms with E-state index in [9.17, 15) is 14.0 Å². The van der Waals surface area contributed by atoms with Crippen molar-refractivity contribution in [3.8, 4) is 5.75 Å². The Kier molecular flexibility index (Phi) is 5.73. The summed E-state index contributed by atoms with van der Waals surface area (Å²) in [5, 5.41) is 4.95. The molecule has 0 saturated carbocycles. The number of anilines is 1. The van der Waals surface area contributed by atoms with Crippen LogP contribution in [0.4, 0.5) is 14.9 Å². The summed E-state index contributed by atoms with van der Waals surface area (Å²) in [6.45, 7) is 1.89. The average Bonchev–Trinajstić information content (AvgIpc) is 2.54. The summed E-state index contributed by atoms with van der Waals surface area (Å²) >= 11 is 0. The summed E-state index contributed by atoms with van der Waals surface area (Å²) in [6, 6.07) is 11.5. The monoisotopic (exact) mass is 331 g/mol. The van der Waals surface area contributed by atoms with Crippen molar-refractivity contribution >= 4 is 17.6 Å². The van der Waals surface area contributed by atoms with E-state index in [1.54, 1.807) is 43.3 Å². The van der Waals surface area contributed by atoms with Crippen molar-refractivity contribution in [1.29, 1.82) is 0 Å². The van der Waals surface area contributed by atoms with Crippen LogP contribution in [0.2, 0.25) is 0 Å². The minimum Gasteiger partial charge on any atom is -0.489 e. The van der Waals surface area contributed by atoms with Gasteiger partial charge in [0.25, 0.3) is 0 Å². The van der Waals surface area contributed by atoms with Gasteiger partial charge in [-0.2, -0.15) is 0 Å². The third-order valence-corrected chi connectivity index (χ3v) is 3.18. The molecule has 0 aliphatic heterocycles. The fourth-order valence-corrected chi connectivity index (χ4v) is 1.97. The van der Waals surface area contributed by atoms with Crippen molar-refractivity contribution in [3.63, 3.8) is 0 Å². The lowest BCUT2D eigenvalue weighted by Crippen LogP contribution is -2.43. The van der Waals surface area contributed by atoms with E-state index >= 15 is 0 Å². The molecule has 7 heteroatoms. The average molecular weight is 331 g/mol. The smallest absolute Gasteiger partial charge is 0.318 e. The van der Waals surface area contributed by atoms with Crippen LogP contribution >= 0.6 is 0 Å². The molecule has 0 aliphatic rings. The molecule has 1 atom stereocenters. The van der Waals surface area contributed by atoms with Gasteiger partial charge in [-0.15, -0.1) is 0 Å². The predicted molar refractivity (Wildman–Crippen MR) is 88.0 cm³/mol. The quantitative estimate of drug-likeness (QED) is 0.758. The van der Waals surface area contributed by atoms with E-state index in [4.69, 9.17) is 10.5 Å². The number of nitrogens with two attached hydrogens (primary N) is 1. The number of amides is 3. The molecule has 0 heterocycles. The topological polar surface area (TPSA) is 93.4 Å². The van der Waals surface area contributed by atoms with Crippen LogP contribution in [0.15, 0.2) is 48.5 Å². The van der Waals surface area contributed by atoms with E-state index in [0.717, 1.165) is 5.56 Å². The van der Waals surface area contributed by atoms with Crippen molar-refractivity contribution in [2.75, 3.05) is 5.32 Å². The second kappa shape index (κ2) is 7.96. The molecule has 0 aromatic heterocycles. The van der Waals surface area contributed by atoms with Crippen LogP contribution in [0.25, 0.3) is 0 Å². The maximum atomic E-state index is 12.9. The van der Waals surface area contributed by atoms with E-state index in [1.807, 2.05) is 5.32 Å². The standard InChI is InChI=1S/C17H18FN3O3/c1-11(16(22)21-17(19)23)20-14-3-2-4-15(9-14)24-10-12-5-7-13(18)8-6-12/h2-9,11,20H,10H2,1H3,(H3,19,21,22,23). The van der Waals surface area contributed by atoms with Gasteiger partial charge < -0.3 is 15.8 Å². The van der Waals surface area contributed by atoms with Gasteiger partial charge in [-0.25, -0.2) is 9.18 Å². The van der Waals surface area contributed by atoms with Crippen molar-refractivity contribution in [1.82, 2.24) is 5.32 Å². The molecule has 24 heavy (non-hydrogen) atoms. The first-order chi connectivity index (χ1) is 11.4. The predicted octanol–water partition coefficient (Wildman–Crippen LogP) is 2.40. The molecule has 3 amide bonds. The molecule has 2 aromatic rings. The third-order valence-electron chi connectivity index (χ3n) is 3.18. The third kappa shape index (κ3) is 5.28. The van der Waals surface area contributed by atoms with Crippen molar-refractivity contribution in [3.05, 3.63) is 59.9 Å². The number of nitrogens with one attached hydrogen (secondary N) is 2. The number of ether oxygens (including phenoxy) is 1. The summed E-state index contributed by atoms with van der Waals surface area (Å²) in [6.07, 6.45) is 0. The van der Waals surface area contributed by atoms with Crippen molar-refractivity contribution in [2.24, 2.45) is 5.73 Å². The zero-order chi connectivity index (χ0) is 17.5. The Balaban J connectivity index is 1.94. The van der Waals surface area contributed by atoms with E-state index in [1.165, 1.54) is 12.1 Å². The molecule has 126 valence electrons. The number of primary amides is 1.